The summed E-state index contributed by atoms with van der Waals surface area (Å²) in [6, 6.07) is 11.4. The van der Waals surface area contributed by atoms with Crippen molar-refractivity contribution in [3.05, 3.63) is 58.6 Å². The van der Waals surface area contributed by atoms with E-state index in [0.717, 1.165) is 17.4 Å². The van der Waals surface area contributed by atoms with Gasteiger partial charge in [-0.15, -0.1) is 0 Å². The van der Waals surface area contributed by atoms with E-state index >= 15 is 0 Å². The highest BCUT2D eigenvalue weighted by Gasteiger charge is 2.32. The van der Waals surface area contributed by atoms with Crippen LogP contribution in [-0.2, 0) is 14.8 Å². The molecule has 0 heterocycles. The van der Waals surface area contributed by atoms with Gasteiger partial charge in [-0.25, -0.2) is 8.42 Å². The van der Waals surface area contributed by atoms with Crippen LogP contribution in [0, 0.1) is 13.8 Å². The van der Waals surface area contributed by atoms with Crippen molar-refractivity contribution in [2.24, 2.45) is 0 Å². The van der Waals surface area contributed by atoms with E-state index in [1.54, 1.807) is 37.3 Å². The van der Waals surface area contributed by atoms with Gasteiger partial charge in [-0.3, -0.25) is 9.10 Å². The summed E-state index contributed by atoms with van der Waals surface area (Å²) in [4.78, 5) is 12.8. The molecule has 7 heteroatoms. The summed E-state index contributed by atoms with van der Waals surface area (Å²) in [6.07, 6.45) is 1.45. The largest absolute Gasteiger partial charge is 0.324 e. The lowest BCUT2D eigenvalue weighted by atomic mass is 10.1. The minimum atomic E-state index is -3.66. The van der Waals surface area contributed by atoms with E-state index in [9.17, 15) is 13.2 Å². The number of carbonyl (C=O) groups is 1. The van der Waals surface area contributed by atoms with Gasteiger partial charge in [0.1, 0.15) is 6.04 Å². The number of aryl methyl sites for hydroxylation is 2. The first-order chi connectivity index (χ1) is 12.1. The third kappa shape index (κ3) is 4.77. The summed E-state index contributed by atoms with van der Waals surface area (Å²) in [5, 5.41) is 3.33. The van der Waals surface area contributed by atoms with Crippen molar-refractivity contribution in [2.45, 2.75) is 33.2 Å². The average molecular weight is 395 g/mol. The van der Waals surface area contributed by atoms with Gasteiger partial charge in [-0.05, 0) is 61.7 Å². The second kappa shape index (κ2) is 8.10. The quantitative estimate of drug-likeness (QED) is 0.800. The molecule has 0 bridgehead atoms. The standard InChI is InChI=1S/C19H23ClN2O3S/c1-5-17(19(23)21-16-10-8-15(20)9-11-16)22(26(4,24)25)18-12-13(2)6-7-14(18)3/h6-12,17H,5H2,1-4H3,(H,21,23)/t17-/m0/s1. The Labute approximate surface area is 160 Å². The van der Waals surface area contributed by atoms with Crippen molar-refractivity contribution in [3.8, 4) is 0 Å². The zero-order valence-electron chi connectivity index (χ0n) is 15.3. The molecule has 2 aromatic rings. The molecule has 1 N–H and O–H groups in total. The molecule has 0 aliphatic heterocycles. The van der Waals surface area contributed by atoms with Crippen LogP contribution in [0.1, 0.15) is 24.5 Å². The molecule has 0 aliphatic carbocycles. The van der Waals surface area contributed by atoms with E-state index in [2.05, 4.69) is 5.32 Å². The van der Waals surface area contributed by atoms with Gasteiger partial charge in [-0.2, -0.15) is 0 Å². The first kappa shape index (κ1) is 20.3. The van der Waals surface area contributed by atoms with Gasteiger partial charge >= 0.3 is 0 Å². The second-order valence-electron chi connectivity index (χ2n) is 6.27. The molecule has 0 radical (unpaired) electrons. The lowest BCUT2D eigenvalue weighted by Gasteiger charge is -2.31. The normalized spacial score (nSPS) is 12.5. The van der Waals surface area contributed by atoms with Gasteiger partial charge in [0.25, 0.3) is 0 Å². The summed E-state index contributed by atoms with van der Waals surface area (Å²) < 4.78 is 26.3. The Morgan fingerprint density at radius 2 is 1.77 bits per heavy atom. The summed E-state index contributed by atoms with van der Waals surface area (Å²) in [6.45, 7) is 5.50. The smallest absolute Gasteiger partial charge is 0.248 e. The minimum Gasteiger partial charge on any atom is -0.324 e. The fourth-order valence-corrected chi connectivity index (χ4v) is 4.14. The van der Waals surface area contributed by atoms with Gasteiger partial charge in [0, 0.05) is 10.7 Å². The Kier molecular flexibility index (Phi) is 6.31. The topological polar surface area (TPSA) is 66.5 Å². The number of benzene rings is 2. The maximum atomic E-state index is 12.8. The third-order valence-corrected chi connectivity index (χ3v) is 5.46. The molecule has 0 saturated carbocycles. The molecule has 1 amide bonds. The van der Waals surface area contributed by atoms with Crippen LogP contribution in [0.15, 0.2) is 42.5 Å². The summed E-state index contributed by atoms with van der Waals surface area (Å²) in [7, 11) is -3.66. The zero-order valence-corrected chi connectivity index (χ0v) is 16.9. The SMILES string of the molecule is CC[C@@H](C(=O)Nc1ccc(Cl)cc1)N(c1cc(C)ccc1C)S(C)(=O)=O. The van der Waals surface area contributed by atoms with E-state index in [1.165, 1.54) is 4.31 Å². The van der Waals surface area contributed by atoms with Crippen molar-refractivity contribution >= 4 is 38.9 Å². The summed E-state index contributed by atoms with van der Waals surface area (Å²) in [5.74, 6) is -0.388. The van der Waals surface area contributed by atoms with Crippen LogP contribution in [0.25, 0.3) is 0 Å². The maximum absolute atomic E-state index is 12.8. The van der Waals surface area contributed by atoms with Crippen molar-refractivity contribution < 1.29 is 13.2 Å². The number of nitrogens with zero attached hydrogens (tertiary/aromatic N) is 1. The minimum absolute atomic E-state index is 0.333. The molecule has 0 fully saturated rings. The van der Waals surface area contributed by atoms with Crippen LogP contribution in [0.2, 0.25) is 5.02 Å². The van der Waals surface area contributed by atoms with Gasteiger partial charge < -0.3 is 5.32 Å². The molecular formula is C19H23ClN2O3S. The fraction of sp³-hybridized carbons (Fsp3) is 0.316. The molecule has 2 rings (SSSR count). The number of nitrogens with one attached hydrogen (secondary N) is 1. The Morgan fingerprint density at radius 3 is 2.31 bits per heavy atom. The van der Waals surface area contributed by atoms with E-state index in [0.29, 0.717) is 22.8 Å². The zero-order chi connectivity index (χ0) is 19.5. The highest BCUT2D eigenvalue weighted by atomic mass is 35.5. The Bertz CT molecular complexity index is 896. The van der Waals surface area contributed by atoms with Gasteiger partial charge in [0.2, 0.25) is 15.9 Å². The predicted molar refractivity (Wildman–Crippen MR) is 107 cm³/mol. The van der Waals surface area contributed by atoms with E-state index < -0.39 is 16.1 Å². The van der Waals surface area contributed by atoms with Crippen LogP contribution in [0.5, 0.6) is 0 Å². The first-order valence-corrected chi connectivity index (χ1v) is 10.5. The van der Waals surface area contributed by atoms with Crippen molar-refractivity contribution in [2.75, 3.05) is 15.9 Å². The van der Waals surface area contributed by atoms with Crippen LogP contribution in [0.4, 0.5) is 11.4 Å². The number of hydrogen-bond acceptors (Lipinski definition) is 3. The number of rotatable bonds is 6. The number of anilines is 2. The Hall–Kier alpha value is -2.05. The third-order valence-electron chi connectivity index (χ3n) is 4.04. The molecule has 0 unspecified atom stereocenters. The van der Waals surface area contributed by atoms with Crippen LogP contribution in [0.3, 0.4) is 0 Å². The molecule has 26 heavy (non-hydrogen) atoms. The lowest BCUT2D eigenvalue weighted by Crippen LogP contribution is -2.47. The molecule has 0 aromatic heterocycles. The van der Waals surface area contributed by atoms with Crippen molar-refractivity contribution in [1.29, 1.82) is 0 Å². The molecule has 0 saturated heterocycles. The molecule has 0 spiro atoms. The molecule has 1 atom stereocenters. The molecule has 5 nitrogen and oxygen atoms in total. The number of hydrogen-bond donors (Lipinski definition) is 1. The molecule has 0 aliphatic rings. The second-order valence-corrected chi connectivity index (χ2v) is 8.56. The average Bonchev–Trinajstić information content (AvgIpc) is 2.56. The lowest BCUT2D eigenvalue weighted by molar-refractivity contribution is -0.117. The van der Waals surface area contributed by atoms with Crippen molar-refractivity contribution in [1.82, 2.24) is 0 Å². The van der Waals surface area contributed by atoms with Crippen LogP contribution < -0.4 is 9.62 Å². The maximum Gasteiger partial charge on any atom is 0.248 e. The summed E-state index contributed by atoms with van der Waals surface area (Å²) in [5.41, 5.74) is 2.80. The number of halogens is 1. The summed E-state index contributed by atoms with van der Waals surface area (Å²) >= 11 is 5.86. The Morgan fingerprint density at radius 1 is 1.15 bits per heavy atom. The van der Waals surface area contributed by atoms with E-state index in [4.69, 9.17) is 11.6 Å². The van der Waals surface area contributed by atoms with Crippen molar-refractivity contribution in [3.63, 3.8) is 0 Å². The molecular weight excluding hydrogens is 372 g/mol. The number of carbonyl (C=O) groups excluding carboxylic acids is 1. The van der Waals surface area contributed by atoms with Gasteiger partial charge in [-0.1, -0.05) is 30.7 Å². The first-order valence-electron chi connectivity index (χ1n) is 8.26. The Balaban J connectivity index is 2.42. The highest BCUT2D eigenvalue weighted by Crippen LogP contribution is 2.28. The fourth-order valence-electron chi connectivity index (χ4n) is 2.75. The van der Waals surface area contributed by atoms with Crippen LogP contribution in [-0.4, -0.2) is 26.6 Å². The highest BCUT2D eigenvalue weighted by molar-refractivity contribution is 7.92. The molecule has 140 valence electrons. The van der Waals surface area contributed by atoms with Gasteiger partial charge in [0.15, 0.2) is 0 Å². The van der Waals surface area contributed by atoms with Crippen LogP contribution >= 0.6 is 11.6 Å². The number of amides is 1. The number of sulfonamides is 1. The van der Waals surface area contributed by atoms with Gasteiger partial charge in [0.05, 0.1) is 11.9 Å². The monoisotopic (exact) mass is 394 g/mol. The molecule has 2 aromatic carbocycles. The van der Waals surface area contributed by atoms with E-state index in [-0.39, 0.29) is 5.91 Å². The predicted octanol–water partition coefficient (Wildman–Crippen LogP) is 4.14. The van der Waals surface area contributed by atoms with E-state index in [1.807, 2.05) is 26.0 Å².